The van der Waals surface area contributed by atoms with Gasteiger partial charge in [0.1, 0.15) is 0 Å². The summed E-state index contributed by atoms with van der Waals surface area (Å²) in [7, 11) is -1.59. The van der Waals surface area contributed by atoms with Crippen molar-refractivity contribution < 1.29 is 9.22 Å². The van der Waals surface area contributed by atoms with Gasteiger partial charge >= 0.3 is 0 Å². The lowest BCUT2D eigenvalue weighted by Gasteiger charge is -2.26. The predicted molar refractivity (Wildman–Crippen MR) is 83.1 cm³/mol. The normalized spacial score (nSPS) is 13.3. The maximum Gasteiger partial charge on any atom is 0.184 e. The molecule has 0 aliphatic carbocycles. The van der Waals surface area contributed by atoms with Gasteiger partial charge in [0.05, 0.1) is 6.10 Å². The number of Topliss-reactive ketones (excluding diaryl/α,β-unsaturated/α-hetero) is 1. The molecule has 0 saturated heterocycles. The monoisotopic (exact) mass is 278 g/mol. The Balaban J connectivity index is 2.63. The lowest BCUT2D eigenvalue weighted by Crippen LogP contribution is -2.33. The van der Waals surface area contributed by atoms with E-state index in [-0.39, 0.29) is 11.9 Å². The molecule has 1 aromatic carbocycles. The van der Waals surface area contributed by atoms with Crippen molar-refractivity contribution in [3.8, 4) is 0 Å². The summed E-state index contributed by atoms with van der Waals surface area (Å²) in [4.78, 5) is 12.2. The average molecular weight is 278 g/mol. The van der Waals surface area contributed by atoms with Crippen LogP contribution in [0.1, 0.15) is 43.0 Å². The fraction of sp³-hybridized carbons (Fsp3) is 0.562. The van der Waals surface area contributed by atoms with Crippen LogP contribution in [0, 0.1) is 0 Å². The third kappa shape index (κ3) is 6.69. The summed E-state index contributed by atoms with van der Waals surface area (Å²) in [6.45, 7) is 8.71. The minimum absolute atomic E-state index is 0.0827. The zero-order valence-electron chi connectivity index (χ0n) is 12.6. The lowest BCUT2D eigenvalue weighted by atomic mass is 10.0. The van der Waals surface area contributed by atoms with Gasteiger partial charge in [-0.2, -0.15) is 0 Å². The smallest absolute Gasteiger partial charge is 0.184 e. The number of hydrogen-bond acceptors (Lipinski definition) is 2. The van der Waals surface area contributed by atoms with Crippen LogP contribution in [0.15, 0.2) is 30.3 Å². The van der Waals surface area contributed by atoms with Crippen LogP contribution in [-0.2, 0) is 4.43 Å². The second-order valence-electron chi connectivity index (χ2n) is 5.99. The quantitative estimate of drug-likeness (QED) is 0.510. The molecule has 0 amide bonds. The molecule has 0 bridgehead atoms. The minimum Gasteiger partial charge on any atom is -0.414 e. The van der Waals surface area contributed by atoms with Gasteiger partial charge in [-0.1, -0.05) is 50.1 Å². The van der Waals surface area contributed by atoms with E-state index in [0.717, 1.165) is 24.8 Å². The highest BCUT2D eigenvalue weighted by molar-refractivity contribution is 6.69. The van der Waals surface area contributed by atoms with Crippen molar-refractivity contribution in [1.29, 1.82) is 0 Å². The van der Waals surface area contributed by atoms with Crippen LogP contribution in [-0.4, -0.2) is 20.2 Å². The van der Waals surface area contributed by atoms with E-state index >= 15 is 0 Å². The molecule has 1 rings (SSSR count). The molecule has 2 nitrogen and oxygen atoms in total. The van der Waals surface area contributed by atoms with Gasteiger partial charge < -0.3 is 4.43 Å². The predicted octanol–water partition coefficient (Wildman–Crippen LogP) is 4.67. The zero-order chi connectivity index (χ0) is 14.3. The molecular weight excluding hydrogens is 252 g/mol. The topological polar surface area (TPSA) is 26.3 Å². The van der Waals surface area contributed by atoms with Gasteiger partial charge in [-0.25, -0.2) is 0 Å². The number of rotatable bonds is 8. The van der Waals surface area contributed by atoms with Crippen LogP contribution in [0.3, 0.4) is 0 Å². The van der Waals surface area contributed by atoms with Crippen molar-refractivity contribution in [1.82, 2.24) is 0 Å². The molecule has 0 radical (unpaired) electrons. The Morgan fingerprint density at radius 1 is 1.21 bits per heavy atom. The first-order valence-corrected chi connectivity index (χ1v) is 10.6. The van der Waals surface area contributed by atoms with E-state index in [4.69, 9.17) is 4.43 Å². The van der Waals surface area contributed by atoms with Gasteiger partial charge in [0.15, 0.2) is 14.1 Å². The van der Waals surface area contributed by atoms with Crippen LogP contribution in [0.2, 0.25) is 19.6 Å². The maximum absolute atomic E-state index is 12.2. The van der Waals surface area contributed by atoms with Crippen molar-refractivity contribution in [2.75, 3.05) is 0 Å². The molecule has 1 atom stereocenters. The molecule has 0 aromatic heterocycles. The second-order valence-corrected chi connectivity index (χ2v) is 10.4. The molecule has 0 heterocycles. The van der Waals surface area contributed by atoms with Crippen LogP contribution in [0.5, 0.6) is 0 Å². The molecule has 1 aromatic rings. The highest BCUT2D eigenvalue weighted by Gasteiger charge is 2.23. The van der Waals surface area contributed by atoms with Crippen LogP contribution in [0.25, 0.3) is 0 Å². The molecule has 3 heteroatoms. The van der Waals surface area contributed by atoms with Gasteiger partial charge in [-0.3, -0.25) is 4.79 Å². The minimum atomic E-state index is -1.59. The van der Waals surface area contributed by atoms with Gasteiger partial charge in [-0.15, -0.1) is 0 Å². The van der Waals surface area contributed by atoms with Crippen molar-refractivity contribution in [3.63, 3.8) is 0 Å². The van der Waals surface area contributed by atoms with E-state index in [9.17, 15) is 4.79 Å². The molecule has 19 heavy (non-hydrogen) atoms. The third-order valence-corrected chi connectivity index (χ3v) is 3.95. The van der Waals surface area contributed by atoms with Gasteiger partial charge in [0.25, 0.3) is 0 Å². The van der Waals surface area contributed by atoms with Crippen molar-refractivity contribution >= 4 is 14.1 Å². The van der Waals surface area contributed by atoms with Crippen molar-refractivity contribution in [2.24, 2.45) is 0 Å². The highest BCUT2D eigenvalue weighted by atomic mass is 28.4. The summed E-state index contributed by atoms with van der Waals surface area (Å²) in [5.74, 6) is 0.194. The Morgan fingerprint density at radius 3 is 2.37 bits per heavy atom. The van der Waals surface area contributed by atoms with Gasteiger partial charge in [0, 0.05) is 12.0 Å². The Hall–Kier alpha value is -0.933. The summed E-state index contributed by atoms with van der Waals surface area (Å²) in [5.41, 5.74) is 0.795. The largest absolute Gasteiger partial charge is 0.414 e. The summed E-state index contributed by atoms with van der Waals surface area (Å²) in [6.07, 6.45) is 3.84. The van der Waals surface area contributed by atoms with Crippen LogP contribution < -0.4 is 0 Å². The molecule has 0 saturated carbocycles. The van der Waals surface area contributed by atoms with E-state index in [1.807, 2.05) is 30.3 Å². The van der Waals surface area contributed by atoms with Crippen molar-refractivity contribution in [2.45, 2.75) is 58.4 Å². The molecule has 0 fully saturated rings. The Bertz CT molecular complexity index is 381. The fourth-order valence-electron chi connectivity index (χ4n) is 2.08. The molecule has 0 aliphatic heterocycles. The fourth-order valence-corrected chi connectivity index (χ4v) is 3.28. The standard InChI is InChI=1S/C16H26O2Si/c1-5-6-12-15(18-19(2,3)4)13-16(17)14-10-8-7-9-11-14/h7-11,15H,5-6,12-13H2,1-4H3. The second kappa shape index (κ2) is 7.61. The lowest BCUT2D eigenvalue weighted by molar-refractivity contribution is 0.0889. The van der Waals surface area contributed by atoms with E-state index in [1.165, 1.54) is 0 Å². The van der Waals surface area contributed by atoms with E-state index in [0.29, 0.717) is 6.42 Å². The number of carbonyl (C=O) groups excluding carboxylic acids is 1. The van der Waals surface area contributed by atoms with Gasteiger partial charge in [-0.05, 0) is 26.1 Å². The number of hydrogen-bond donors (Lipinski definition) is 0. The number of unbranched alkanes of at least 4 members (excludes halogenated alkanes) is 1. The Kier molecular flexibility index (Phi) is 6.45. The maximum atomic E-state index is 12.2. The van der Waals surface area contributed by atoms with E-state index < -0.39 is 8.32 Å². The molecular formula is C16H26O2Si. The highest BCUT2D eigenvalue weighted by Crippen LogP contribution is 2.18. The summed E-state index contributed by atoms with van der Waals surface area (Å²) in [6, 6.07) is 9.52. The summed E-state index contributed by atoms with van der Waals surface area (Å²) < 4.78 is 6.15. The molecule has 106 valence electrons. The van der Waals surface area contributed by atoms with E-state index in [1.54, 1.807) is 0 Å². The van der Waals surface area contributed by atoms with E-state index in [2.05, 4.69) is 26.6 Å². The number of ketones is 1. The molecule has 1 unspecified atom stereocenters. The summed E-state index contributed by atoms with van der Waals surface area (Å²) in [5, 5.41) is 0. The number of benzene rings is 1. The molecule has 0 N–H and O–H groups in total. The molecule has 0 spiro atoms. The first-order valence-electron chi connectivity index (χ1n) is 7.18. The van der Waals surface area contributed by atoms with Crippen molar-refractivity contribution in [3.05, 3.63) is 35.9 Å². The Morgan fingerprint density at radius 2 is 1.84 bits per heavy atom. The SMILES string of the molecule is CCCCC(CC(=O)c1ccccc1)O[Si](C)(C)C. The third-order valence-electron chi connectivity index (χ3n) is 2.91. The molecule has 0 aliphatic rings. The first kappa shape index (κ1) is 16.1. The van der Waals surface area contributed by atoms with Gasteiger partial charge in [0.2, 0.25) is 0 Å². The number of carbonyl (C=O) groups is 1. The van der Waals surface area contributed by atoms with Crippen LogP contribution in [0.4, 0.5) is 0 Å². The average Bonchev–Trinajstić information content (AvgIpc) is 2.35. The van der Waals surface area contributed by atoms with Crippen LogP contribution >= 0.6 is 0 Å². The first-order chi connectivity index (χ1) is 8.92. The zero-order valence-corrected chi connectivity index (χ0v) is 13.6. The summed E-state index contributed by atoms with van der Waals surface area (Å²) >= 11 is 0. The Labute approximate surface area is 118 Å².